The molecule has 35 heavy (non-hydrogen) atoms. The lowest BCUT2D eigenvalue weighted by Crippen LogP contribution is -2.42. The van der Waals surface area contributed by atoms with E-state index in [1.807, 2.05) is 6.07 Å². The normalized spacial score (nSPS) is 22.1. The van der Waals surface area contributed by atoms with Gasteiger partial charge in [-0.15, -0.1) is 0 Å². The van der Waals surface area contributed by atoms with E-state index >= 15 is 0 Å². The van der Waals surface area contributed by atoms with Crippen molar-refractivity contribution < 1.29 is 13.9 Å². The number of aromatic nitrogens is 2. The lowest BCUT2D eigenvalue weighted by molar-refractivity contribution is 0.0699. The van der Waals surface area contributed by atoms with Crippen LogP contribution in [0, 0.1) is 11.9 Å². The SMILES string of the molecule is COC[C@H](C)N[C@H]1CC[C@H](Nc2cc(-c3cnc(F)c(NCC4CCOCC4)c3)c(Cl)cn2)CC1. The number of pyridine rings is 2. The predicted molar refractivity (Wildman–Crippen MR) is 139 cm³/mol. The zero-order valence-corrected chi connectivity index (χ0v) is 21.4. The molecular weight excluding hydrogens is 469 g/mol. The summed E-state index contributed by atoms with van der Waals surface area (Å²) in [7, 11) is 1.74. The number of nitrogens with zero attached hydrogens (tertiary/aromatic N) is 2. The average molecular weight is 506 g/mol. The number of hydrogen-bond acceptors (Lipinski definition) is 7. The summed E-state index contributed by atoms with van der Waals surface area (Å²) < 4.78 is 25.1. The van der Waals surface area contributed by atoms with Crippen LogP contribution in [0.3, 0.4) is 0 Å². The molecule has 2 aromatic rings. The second-order valence-electron chi connectivity index (χ2n) is 9.76. The van der Waals surface area contributed by atoms with Crippen LogP contribution in [0.15, 0.2) is 24.5 Å². The Bertz CT molecular complexity index is 951. The average Bonchev–Trinajstić information content (AvgIpc) is 2.87. The van der Waals surface area contributed by atoms with Gasteiger partial charge in [0.25, 0.3) is 0 Å². The second-order valence-corrected chi connectivity index (χ2v) is 10.2. The first-order valence-corrected chi connectivity index (χ1v) is 13.0. The minimum absolute atomic E-state index is 0.357. The van der Waals surface area contributed by atoms with Crippen LogP contribution in [0.25, 0.3) is 11.1 Å². The molecule has 0 amide bonds. The topological polar surface area (TPSA) is 80.3 Å². The van der Waals surface area contributed by atoms with E-state index in [1.165, 1.54) is 6.20 Å². The number of ether oxygens (including phenoxy) is 2. The largest absolute Gasteiger partial charge is 0.383 e. The van der Waals surface area contributed by atoms with Crippen molar-refractivity contribution in [1.82, 2.24) is 15.3 Å². The number of rotatable bonds is 10. The zero-order valence-electron chi connectivity index (χ0n) is 20.7. The molecule has 1 saturated carbocycles. The van der Waals surface area contributed by atoms with Gasteiger partial charge >= 0.3 is 0 Å². The molecule has 4 rings (SSSR count). The summed E-state index contributed by atoms with van der Waals surface area (Å²) in [6.45, 7) is 5.11. The molecule has 1 saturated heterocycles. The molecule has 2 fully saturated rings. The number of halogens is 2. The highest BCUT2D eigenvalue weighted by Crippen LogP contribution is 2.32. The van der Waals surface area contributed by atoms with E-state index in [0.717, 1.165) is 75.3 Å². The van der Waals surface area contributed by atoms with Gasteiger partial charge in [0.1, 0.15) is 5.82 Å². The van der Waals surface area contributed by atoms with Crippen molar-refractivity contribution in [2.45, 2.75) is 63.6 Å². The van der Waals surface area contributed by atoms with Gasteiger partial charge in [-0.05, 0) is 63.5 Å². The van der Waals surface area contributed by atoms with Crippen LogP contribution >= 0.6 is 11.6 Å². The molecule has 7 nitrogen and oxygen atoms in total. The highest BCUT2D eigenvalue weighted by Gasteiger charge is 2.23. The monoisotopic (exact) mass is 505 g/mol. The first kappa shape index (κ1) is 26.1. The first-order valence-electron chi connectivity index (χ1n) is 12.7. The van der Waals surface area contributed by atoms with E-state index in [1.54, 1.807) is 19.4 Å². The summed E-state index contributed by atoms with van der Waals surface area (Å²) in [6, 6.07) is 4.95. The van der Waals surface area contributed by atoms with Crippen LogP contribution in [0.2, 0.25) is 5.02 Å². The van der Waals surface area contributed by atoms with Gasteiger partial charge in [-0.25, -0.2) is 9.97 Å². The molecule has 0 aromatic carbocycles. The molecule has 9 heteroatoms. The molecule has 3 heterocycles. The Labute approximate surface area is 212 Å². The summed E-state index contributed by atoms with van der Waals surface area (Å²) in [5, 5.41) is 11.0. The van der Waals surface area contributed by atoms with E-state index in [4.69, 9.17) is 21.1 Å². The Morgan fingerprint density at radius 3 is 2.57 bits per heavy atom. The fourth-order valence-corrected chi connectivity index (χ4v) is 5.19. The van der Waals surface area contributed by atoms with Crippen molar-refractivity contribution in [2.75, 3.05) is 44.1 Å². The number of hydrogen-bond donors (Lipinski definition) is 3. The van der Waals surface area contributed by atoms with Crippen molar-refractivity contribution in [2.24, 2.45) is 5.92 Å². The van der Waals surface area contributed by atoms with Crippen LogP contribution in [0.4, 0.5) is 15.9 Å². The minimum atomic E-state index is -0.505. The summed E-state index contributed by atoms with van der Waals surface area (Å²) in [5.41, 5.74) is 1.94. The molecule has 1 aliphatic heterocycles. The maximum Gasteiger partial charge on any atom is 0.236 e. The van der Waals surface area contributed by atoms with E-state index in [2.05, 4.69) is 32.8 Å². The summed E-state index contributed by atoms with van der Waals surface area (Å²) in [5.74, 6) is 0.740. The zero-order chi connectivity index (χ0) is 24.6. The second kappa shape index (κ2) is 12.8. The quantitative estimate of drug-likeness (QED) is 0.386. The summed E-state index contributed by atoms with van der Waals surface area (Å²) in [6.07, 6.45) is 9.49. The van der Waals surface area contributed by atoms with E-state index in [9.17, 15) is 4.39 Å². The van der Waals surface area contributed by atoms with Gasteiger partial charge in [0.2, 0.25) is 5.95 Å². The maximum absolute atomic E-state index is 14.4. The van der Waals surface area contributed by atoms with Gasteiger partial charge < -0.3 is 25.4 Å². The molecule has 0 bridgehead atoms. The van der Waals surface area contributed by atoms with E-state index < -0.39 is 5.95 Å². The Kier molecular flexibility index (Phi) is 9.54. The molecule has 192 valence electrons. The highest BCUT2D eigenvalue weighted by molar-refractivity contribution is 6.33. The van der Waals surface area contributed by atoms with Crippen molar-refractivity contribution in [3.8, 4) is 11.1 Å². The van der Waals surface area contributed by atoms with Crippen LogP contribution in [0.1, 0.15) is 45.4 Å². The van der Waals surface area contributed by atoms with Gasteiger partial charge in [-0.2, -0.15) is 4.39 Å². The molecule has 0 spiro atoms. The van der Waals surface area contributed by atoms with Crippen LogP contribution in [-0.2, 0) is 9.47 Å². The van der Waals surface area contributed by atoms with Gasteiger partial charge in [-0.3, -0.25) is 0 Å². The van der Waals surface area contributed by atoms with Gasteiger partial charge in [0.05, 0.1) is 17.3 Å². The van der Waals surface area contributed by atoms with E-state index in [0.29, 0.717) is 41.3 Å². The molecule has 3 N–H and O–H groups in total. The third-order valence-corrected chi connectivity index (χ3v) is 7.24. The highest BCUT2D eigenvalue weighted by atomic mass is 35.5. The number of anilines is 2. The lowest BCUT2D eigenvalue weighted by atomic mass is 9.90. The van der Waals surface area contributed by atoms with Gasteiger partial charge in [0, 0.05) is 68.5 Å². The van der Waals surface area contributed by atoms with Crippen LogP contribution in [0.5, 0.6) is 0 Å². The van der Waals surface area contributed by atoms with Gasteiger partial charge in [-0.1, -0.05) is 11.6 Å². The Morgan fingerprint density at radius 1 is 1.09 bits per heavy atom. The lowest BCUT2D eigenvalue weighted by Gasteiger charge is -2.32. The van der Waals surface area contributed by atoms with Crippen molar-refractivity contribution in [3.05, 3.63) is 35.5 Å². The first-order chi connectivity index (χ1) is 17.0. The summed E-state index contributed by atoms with van der Waals surface area (Å²) in [4.78, 5) is 8.47. The molecule has 1 atom stereocenters. The number of methoxy groups -OCH3 is 1. The van der Waals surface area contributed by atoms with Crippen molar-refractivity contribution >= 4 is 23.1 Å². The van der Waals surface area contributed by atoms with Crippen LogP contribution in [-0.4, -0.2) is 61.6 Å². The predicted octanol–water partition coefficient (Wildman–Crippen LogP) is 5.12. The fourth-order valence-electron chi connectivity index (χ4n) is 4.98. The third-order valence-electron chi connectivity index (χ3n) is 6.94. The van der Waals surface area contributed by atoms with E-state index in [-0.39, 0.29) is 0 Å². The Balaban J connectivity index is 1.37. The number of nitrogens with one attached hydrogen (secondary N) is 3. The third kappa shape index (κ3) is 7.49. The summed E-state index contributed by atoms with van der Waals surface area (Å²) >= 11 is 6.49. The van der Waals surface area contributed by atoms with Crippen molar-refractivity contribution in [3.63, 3.8) is 0 Å². The molecule has 0 unspecified atom stereocenters. The van der Waals surface area contributed by atoms with Crippen LogP contribution < -0.4 is 16.0 Å². The molecule has 0 radical (unpaired) electrons. The standard InChI is InChI=1S/C26H37ClFN5O2/c1-17(16-34-2)32-20-3-5-21(6-4-20)33-25-12-22(23(27)15-30-25)19-11-24(26(28)31-14-19)29-13-18-7-9-35-10-8-18/h11-12,14-15,17-18,20-21,29,32H,3-10,13,16H2,1-2H3,(H,30,33)/t17-,20-,21-/m0/s1. The Morgan fingerprint density at radius 2 is 1.83 bits per heavy atom. The fraction of sp³-hybridized carbons (Fsp3) is 0.615. The Hall–Kier alpha value is -2.00. The molecule has 2 aliphatic rings. The van der Waals surface area contributed by atoms with Crippen molar-refractivity contribution in [1.29, 1.82) is 0 Å². The minimum Gasteiger partial charge on any atom is -0.383 e. The van der Waals surface area contributed by atoms with Gasteiger partial charge in [0.15, 0.2) is 0 Å². The molecule has 1 aliphatic carbocycles. The maximum atomic E-state index is 14.4. The molecular formula is C26H37ClFN5O2. The smallest absolute Gasteiger partial charge is 0.236 e. The molecule has 2 aromatic heterocycles.